The molecule has 0 aromatic heterocycles. The second-order valence-corrected chi connectivity index (χ2v) is 8.49. The van der Waals surface area contributed by atoms with Crippen LogP contribution < -0.4 is 10.6 Å². The Bertz CT molecular complexity index is 867. The van der Waals surface area contributed by atoms with Gasteiger partial charge in [0, 0.05) is 31.5 Å². The van der Waals surface area contributed by atoms with Crippen LogP contribution in [0, 0.1) is 0 Å². The van der Waals surface area contributed by atoms with Crippen LogP contribution >= 0.6 is 0 Å². The third kappa shape index (κ3) is 6.89. The first kappa shape index (κ1) is 23.0. The Kier molecular flexibility index (Phi) is 8.87. The summed E-state index contributed by atoms with van der Waals surface area (Å²) in [5.74, 6) is 0.793. The number of hydrogen-bond acceptors (Lipinski definition) is 2. The molecule has 4 rings (SSSR count). The van der Waals surface area contributed by atoms with Crippen molar-refractivity contribution in [1.29, 1.82) is 0 Å². The highest BCUT2D eigenvalue weighted by Gasteiger charge is 2.14. The summed E-state index contributed by atoms with van der Waals surface area (Å²) < 4.78 is 0. The summed E-state index contributed by atoms with van der Waals surface area (Å²) in [7, 11) is 0. The van der Waals surface area contributed by atoms with E-state index in [1.165, 1.54) is 22.3 Å². The maximum atomic E-state index is 3.67. The van der Waals surface area contributed by atoms with Gasteiger partial charge in [0.1, 0.15) is 0 Å². The molecular weight excluding hydrogens is 400 g/mol. The third-order valence-electron chi connectivity index (χ3n) is 6.24. The number of rotatable bonds is 12. The summed E-state index contributed by atoms with van der Waals surface area (Å²) in [6.45, 7) is 3.85. The molecule has 0 aliphatic heterocycles. The van der Waals surface area contributed by atoms with E-state index in [2.05, 4.69) is 132 Å². The summed E-state index contributed by atoms with van der Waals surface area (Å²) in [4.78, 5) is 0. The summed E-state index contributed by atoms with van der Waals surface area (Å²) in [6, 6.07) is 43.3. The number of benzene rings is 4. The van der Waals surface area contributed by atoms with E-state index in [1.807, 2.05) is 0 Å². The molecule has 0 aliphatic rings. The maximum absolute atomic E-state index is 3.67. The normalized spacial score (nSPS) is 11.2. The van der Waals surface area contributed by atoms with Gasteiger partial charge in [-0.1, -0.05) is 121 Å². The Morgan fingerprint density at radius 1 is 0.394 bits per heavy atom. The van der Waals surface area contributed by atoms with Crippen molar-refractivity contribution >= 4 is 0 Å². The Hall–Kier alpha value is -3.20. The molecule has 0 bridgehead atoms. The fourth-order valence-electron chi connectivity index (χ4n) is 4.49. The molecule has 0 saturated carbocycles. The Labute approximate surface area is 198 Å². The van der Waals surface area contributed by atoms with Gasteiger partial charge in [-0.3, -0.25) is 0 Å². The van der Waals surface area contributed by atoms with Gasteiger partial charge in [-0.15, -0.1) is 0 Å². The molecule has 4 aromatic carbocycles. The molecule has 0 amide bonds. The summed E-state index contributed by atoms with van der Waals surface area (Å²) in [5.41, 5.74) is 5.49. The molecule has 0 fully saturated rings. The lowest BCUT2D eigenvalue weighted by Crippen LogP contribution is -2.31. The van der Waals surface area contributed by atoms with Crippen molar-refractivity contribution in [2.45, 2.75) is 18.3 Å². The zero-order valence-corrected chi connectivity index (χ0v) is 19.2. The lowest BCUT2D eigenvalue weighted by Gasteiger charge is -2.20. The molecule has 0 atom stereocenters. The molecule has 0 aliphatic carbocycles. The third-order valence-corrected chi connectivity index (χ3v) is 6.24. The Morgan fingerprint density at radius 3 is 1.18 bits per heavy atom. The topological polar surface area (TPSA) is 24.1 Å². The van der Waals surface area contributed by atoms with Crippen molar-refractivity contribution in [2.24, 2.45) is 0 Å². The van der Waals surface area contributed by atoms with E-state index in [1.54, 1.807) is 0 Å². The van der Waals surface area contributed by atoms with Crippen LogP contribution in [-0.2, 0) is 0 Å². The highest BCUT2D eigenvalue weighted by atomic mass is 14.9. The van der Waals surface area contributed by atoms with Crippen LogP contribution in [0.25, 0.3) is 0 Å². The fourth-order valence-corrected chi connectivity index (χ4v) is 4.49. The van der Waals surface area contributed by atoms with Crippen LogP contribution in [0.5, 0.6) is 0 Å². The molecule has 0 heterocycles. The van der Waals surface area contributed by atoms with Gasteiger partial charge in [0.15, 0.2) is 0 Å². The molecule has 0 radical (unpaired) electrons. The molecule has 33 heavy (non-hydrogen) atoms. The van der Waals surface area contributed by atoms with E-state index in [9.17, 15) is 0 Å². The smallest absolute Gasteiger partial charge is 0.0214 e. The van der Waals surface area contributed by atoms with E-state index in [4.69, 9.17) is 0 Å². The molecule has 0 unspecified atom stereocenters. The van der Waals surface area contributed by atoms with Crippen LogP contribution in [0.2, 0.25) is 0 Å². The minimum absolute atomic E-state index is 0.368. The Balaban J connectivity index is 1.25. The minimum atomic E-state index is 0.368. The summed E-state index contributed by atoms with van der Waals surface area (Å²) >= 11 is 0. The van der Waals surface area contributed by atoms with E-state index in [-0.39, 0.29) is 0 Å². The van der Waals surface area contributed by atoms with Gasteiger partial charge in [0.2, 0.25) is 0 Å². The summed E-state index contributed by atoms with van der Waals surface area (Å²) in [5, 5.41) is 7.32. The average molecular weight is 435 g/mol. The predicted octanol–water partition coefficient (Wildman–Crippen LogP) is 6.22. The van der Waals surface area contributed by atoms with Crippen molar-refractivity contribution < 1.29 is 0 Å². The van der Waals surface area contributed by atoms with Gasteiger partial charge >= 0.3 is 0 Å². The standard InChI is InChI=1S/C31H34N2/c1-5-13-26(14-6-1)30(27-15-7-2-8-16-27)21-22-32-23-24-33-25-31(28-17-9-3-10-18-28)29-19-11-4-12-20-29/h1-20,30-33H,21-25H2. The Morgan fingerprint density at radius 2 is 0.758 bits per heavy atom. The van der Waals surface area contributed by atoms with Crippen molar-refractivity contribution in [3.05, 3.63) is 144 Å². The van der Waals surface area contributed by atoms with Crippen LogP contribution in [0.1, 0.15) is 40.5 Å². The lowest BCUT2D eigenvalue weighted by atomic mass is 9.88. The average Bonchev–Trinajstić information content (AvgIpc) is 2.90. The van der Waals surface area contributed by atoms with Crippen molar-refractivity contribution in [1.82, 2.24) is 10.6 Å². The van der Waals surface area contributed by atoms with Gasteiger partial charge in [-0.05, 0) is 35.2 Å². The van der Waals surface area contributed by atoms with Gasteiger partial charge < -0.3 is 10.6 Å². The minimum Gasteiger partial charge on any atom is -0.315 e. The quantitative estimate of drug-likeness (QED) is 0.259. The molecule has 2 heteroatoms. The lowest BCUT2D eigenvalue weighted by molar-refractivity contribution is 0.567. The molecular formula is C31H34N2. The van der Waals surface area contributed by atoms with Crippen LogP contribution in [0.15, 0.2) is 121 Å². The van der Waals surface area contributed by atoms with Crippen LogP contribution in [0.3, 0.4) is 0 Å². The van der Waals surface area contributed by atoms with E-state index in [0.29, 0.717) is 11.8 Å². The zero-order chi connectivity index (χ0) is 22.6. The highest BCUT2D eigenvalue weighted by Crippen LogP contribution is 2.27. The molecule has 2 nitrogen and oxygen atoms in total. The first-order valence-electron chi connectivity index (χ1n) is 12.0. The number of nitrogens with one attached hydrogen (secondary N) is 2. The summed E-state index contributed by atoms with van der Waals surface area (Å²) in [6.07, 6.45) is 1.09. The van der Waals surface area contributed by atoms with Gasteiger partial charge in [-0.25, -0.2) is 0 Å². The second kappa shape index (κ2) is 12.7. The monoisotopic (exact) mass is 434 g/mol. The molecule has 0 spiro atoms. The van der Waals surface area contributed by atoms with Gasteiger partial charge in [0.05, 0.1) is 0 Å². The van der Waals surface area contributed by atoms with E-state index < -0.39 is 0 Å². The van der Waals surface area contributed by atoms with Gasteiger partial charge in [0.25, 0.3) is 0 Å². The van der Waals surface area contributed by atoms with Crippen molar-refractivity contribution in [3.63, 3.8) is 0 Å². The largest absolute Gasteiger partial charge is 0.315 e. The second-order valence-electron chi connectivity index (χ2n) is 8.49. The van der Waals surface area contributed by atoms with Gasteiger partial charge in [-0.2, -0.15) is 0 Å². The van der Waals surface area contributed by atoms with E-state index >= 15 is 0 Å². The SMILES string of the molecule is c1ccc(C(CCNCCNCC(c2ccccc2)c2ccccc2)c2ccccc2)cc1. The highest BCUT2D eigenvalue weighted by molar-refractivity contribution is 5.33. The van der Waals surface area contributed by atoms with E-state index in [0.717, 1.165) is 32.6 Å². The molecule has 0 saturated heterocycles. The molecule has 2 N–H and O–H groups in total. The van der Waals surface area contributed by atoms with Crippen molar-refractivity contribution in [2.75, 3.05) is 26.2 Å². The zero-order valence-electron chi connectivity index (χ0n) is 19.2. The number of hydrogen-bond donors (Lipinski definition) is 2. The predicted molar refractivity (Wildman–Crippen MR) is 140 cm³/mol. The van der Waals surface area contributed by atoms with Crippen LogP contribution in [-0.4, -0.2) is 26.2 Å². The molecule has 168 valence electrons. The van der Waals surface area contributed by atoms with Crippen LogP contribution in [0.4, 0.5) is 0 Å². The first-order chi connectivity index (χ1) is 16.4. The van der Waals surface area contributed by atoms with Crippen molar-refractivity contribution in [3.8, 4) is 0 Å². The maximum Gasteiger partial charge on any atom is 0.0214 e. The first-order valence-corrected chi connectivity index (χ1v) is 12.0. The molecule has 4 aromatic rings. The fraction of sp³-hybridized carbons (Fsp3) is 0.226.